The fraction of sp³-hybridized carbons (Fsp3) is 0.162. The van der Waals surface area contributed by atoms with Gasteiger partial charge in [-0.3, -0.25) is 4.98 Å². The Bertz CT molecular complexity index is 1960. The first kappa shape index (κ1) is 29.3. The Morgan fingerprint density at radius 2 is 1.60 bits per heavy atom. The number of fused-ring (bicyclic) bond motifs is 5. The van der Waals surface area contributed by atoms with Gasteiger partial charge in [-0.15, -0.1) is 54.1 Å². The van der Waals surface area contributed by atoms with Gasteiger partial charge in [-0.25, -0.2) is 0 Å². The summed E-state index contributed by atoms with van der Waals surface area (Å²) in [7, 11) is 0. The molecule has 42 heavy (non-hydrogen) atoms. The Balaban J connectivity index is 0.000000212. The molecule has 3 aromatic carbocycles. The molecule has 0 atom stereocenters. The maximum atomic E-state index is 6.39. The van der Waals surface area contributed by atoms with Gasteiger partial charge in [-0.1, -0.05) is 67.6 Å². The largest absolute Gasteiger partial charge is 0.500 e. The van der Waals surface area contributed by atoms with E-state index in [9.17, 15) is 0 Å². The van der Waals surface area contributed by atoms with Gasteiger partial charge in [0.15, 0.2) is 0 Å². The van der Waals surface area contributed by atoms with Gasteiger partial charge < -0.3 is 14.4 Å². The molecule has 4 aromatic heterocycles. The molecule has 0 aliphatic heterocycles. The van der Waals surface area contributed by atoms with Crippen LogP contribution >= 0.6 is 0 Å². The Morgan fingerprint density at radius 1 is 0.738 bits per heavy atom. The first-order chi connectivity index (χ1) is 19.9. The predicted octanol–water partition coefficient (Wildman–Crippen LogP) is 9.44. The zero-order valence-electron chi connectivity index (χ0n) is 24.1. The molecule has 0 saturated carbocycles. The number of hydrogen-bond donors (Lipinski definition) is 0. The van der Waals surface area contributed by atoms with E-state index < -0.39 is 0 Å². The van der Waals surface area contributed by atoms with E-state index in [2.05, 4.69) is 84.3 Å². The van der Waals surface area contributed by atoms with E-state index in [0.29, 0.717) is 0 Å². The minimum absolute atomic E-state index is 0. The molecule has 7 aromatic rings. The van der Waals surface area contributed by atoms with Crippen LogP contribution in [0.5, 0.6) is 0 Å². The second kappa shape index (κ2) is 12.4. The summed E-state index contributed by atoms with van der Waals surface area (Å²) in [5.41, 5.74) is 8.23. The van der Waals surface area contributed by atoms with E-state index in [0.717, 1.165) is 61.6 Å². The average Bonchev–Trinajstić information content (AvgIpc) is 3.37. The van der Waals surface area contributed by atoms with Crippen molar-refractivity contribution >= 4 is 32.7 Å². The van der Waals surface area contributed by atoms with Gasteiger partial charge in [0.2, 0.25) is 0 Å². The fourth-order valence-electron chi connectivity index (χ4n) is 5.07. The minimum atomic E-state index is 0. The first-order valence-electron chi connectivity index (χ1n) is 13.8. The molecule has 4 heterocycles. The van der Waals surface area contributed by atoms with Crippen molar-refractivity contribution in [1.82, 2.24) is 15.0 Å². The van der Waals surface area contributed by atoms with Crippen LogP contribution in [-0.4, -0.2) is 15.0 Å². The third-order valence-electron chi connectivity index (χ3n) is 6.93. The van der Waals surface area contributed by atoms with Gasteiger partial charge in [0.25, 0.3) is 0 Å². The van der Waals surface area contributed by atoms with Crippen LogP contribution < -0.4 is 0 Å². The maximum absolute atomic E-state index is 6.39. The zero-order valence-corrected chi connectivity index (χ0v) is 26.5. The molecule has 1 radical (unpaired) electrons. The molecule has 4 nitrogen and oxygen atoms in total. The number of aromatic nitrogens is 3. The Kier molecular flexibility index (Phi) is 8.63. The second-order valence-corrected chi connectivity index (χ2v) is 11.5. The van der Waals surface area contributed by atoms with Crippen LogP contribution in [0.3, 0.4) is 0 Å². The molecule has 0 amide bonds. The molecule has 0 fully saturated rings. The summed E-state index contributed by atoms with van der Waals surface area (Å²) in [5, 5.41) is 4.34. The Hall–Kier alpha value is -4.18. The molecule has 5 heteroatoms. The molecule has 0 saturated heterocycles. The molecule has 0 N–H and O–H groups in total. The third-order valence-corrected chi connectivity index (χ3v) is 6.93. The normalized spacial score (nSPS) is 11.2. The van der Waals surface area contributed by atoms with E-state index in [-0.39, 0.29) is 25.5 Å². The number of hydrogen-bond acceptors (Lipinski definition) is 4. The molecule has 211 valence electrons. The molecule has 0 bridgehead atoms. The monoisotopic (exact) mass is 726 g/mol. The second-order valence-electron chi connectivity index (χ2n) is 11.5. The fourth-order valence-corrected chi connectivity index (χ4v) is 5.07. The van der Waals surface area contributed by atoms with Crippen molar-refractivity contribution in [3.05, 3.63) is 127 Å². The summed E-state index contributed by atoms with van der Waals surface area (Å²) < 4.78 is 6.39. The summed E-state index contributed by atoms with van der Waals surface area (Å²) >= 11 is 0. The van der Waals surface area contributed by atoms with E-state index in [1.807, 2.05) is 68.0 Å². The van der Waals surface area contributed by atoms with Gasteiger partial charge in [0, 0.05) is 61.1 Å². The van der Waals surface area contributed by atoms with Crippen molar-refractivity contribution in [2.45, 2.75) is 34.1 Å². The van der Waals surface area contributed by atoms with Crippen molar-refractivity contribution < 1.29 is 24.5 Å². The van der Waals surface area contributed by atoms with Gasteiger partial charge in [-0.05, 0) is 47.8 Å². The summed E-state index contributed by atoms with van der Waals surface area (Å²) in [6.45, 7) is 8.78. The number of nitrogens with zero attached hydrogens (tertiary/aromatic N) is 3. The minimum Gasteiger partial charge on any atom is -0.500 e. The topological polar surface area (TPSA) is 51.8 Å². The van der Waals surface area contributed by atoms with Crippen LogP contribution in [0.4, 0.5) is 0 Å². The SMILES string of the molecule is CC(C)(C)Cc1ccnc(-c2[c-]ccc3c2oc2c4ccncc4ccc32)c1.Cc1ccc(-c2[c-]cccc2)nc1.[Ir]. The maximum Gasteiger partial charge on any atom is 0.128 e. The Morgan fingerprint density at radius 3 is 2.36 bits per heavy atom. The summed E-state index contributed by atoms with van der Waals surface area (Å²) in [4.78, 5) is 13.2. The molecular weight excluding hydrogens is 695 g/mol. The van der Waals surface area contributed by atoms with Crippen molar-refractivity contribution in [1.29, 1.82) is 0 Å². The average molecular weight is 726 g/mol. The summed E-state index contributed by atoms with van der Waals surface area (Å²) in [6, 6.07) is 32.9. The molecule has 7 rings (SSSR count). The van der Waals surface area contributed by atoms with Crippen LogP contribution in [-0.2, 0) is 26.5 Å². The van der Waals surface area contributed by atoms with E-state index in [1.165, 1.54) is 11.1 Å². The van der Waals surface area contributed by atoms with Crippen molar-refractivity contribution in [2.24, 2.45) is 5.41 Å². The van der Waals surface area contributed by atoms with Crippen molar-refractivity contribution in [2.75, 3.05) is 0 Å². The van der Waals surface area contributed by atoms with Crippen LogP contribution in [0.15, 0.2) is 108 Å². The number of benzene rings is 3. The van der Waals surface area contributed by atoms with Gasteiger partial charge in [0.1, 0.15) is 5.58 Å². The molecular formula is C37H31IrN3O-2. The zero-order chi connectivity index (χ0) is 28.4. The standard InChI is InChI=1S/C25H21N2O.C12H10N.Ir/c1-25(2,3)14-16-9-12-27-22(13-16)21-6-4-5-19-20-8-7-17-15-26-11-10-18(17)23(20)28-24(19)21;1-10-7-8-12(13-9-10)11-5-3-2-4-6-11;/h4-5,7-13,15H,14H2,1-3H3;2-5,7-9H,1H3;/q2*-1;. The first-order valence-corrected chi connectivity index (χ1v) is 13.8. The number of pyridine rings is 3. The van der Waals surface area contributed by atoms with Crippen LogP contribution in [0.25, 0.3) is 55.2 Å². The van der Waals surface area contributed by atoms with Crippen LogP contribution in [0.1, 0.15) is 31.9 Å². The number of furan rings is 1. The van der Waals surface area contributed by atoms with E-state index in [4.69, 9.17) is 4.42 Å². The van der Waals surface area contributed by atoms with Crippen molar-refractivity contribution in [3.8, 4) is 22.5 Å². The van der Waals surface area contributed by atoms with Gasteiger partial charge >= 0.3 is 0 Å². The number of aryl methyl sites for hydroxylation is 1. The van der Waals surface area contributed by atoms with Crippen LogP contribution in [0.2, 0.25) is 0 Å². The van der Waals surface area contributed by atoms with Crippen molar-refractivity contribution in [3.63, 3.8) is 0 Å². The van der Waals surface area contributed by atoms with Gasteiger partial charge in [0.05, 0.1) is 5.58 Å². The summed E-state index contributed by atoms with van der Waals surface area (Å²) in [6.07, 6.45) is 8.42. The third kappa shape index (κ3) is 6.33. The smallest absolute Gasteiger partial charge is 0.128 e. The van der Waals surface area contributed by atoms with E-state index in [1.54, 1.807) is 6.20 Å². The molecule has 0 unspecified atom stereocenters. The molecule has 0 aliphatic carbocycles. The predicted molar refractivity (Wildman–Crippen MR) is 167 cm³/mol. The molecule has 0 aliphatic rings. The van der Waals surface area contributed by atoms with E-state index >= 15 is 0 Å². The van der Waals surface area contributed by atoms with Gasteiger partial charge in [-0.2, -0.15) is 0 Å². The Labute approximate surface area is 260 Å². The molecule has 0 spiro atoms. The quantitative estimate of drug-likeness (QED) is 0.171. The summed E-state index contributed by atoms with van der Waals surface area (Å²) in [5.74, 6) is 0. The van der Waals surface area contributed by atoms with Crippen LogP contribution in [0, 0.1) is 24.5 Å². The number of rotatable bonds is 3.